The fourth-order valence-electron chi connectivity index (χ4n) is 2.01. The van der Waals surface area contributed by atoms with Crippen molar-refractivity contribution in [3.05, 3.63) is 16.9 Å². The van der Waals surface area contributed by atoms with E-state index in [0.29, 0.717) is 17.9 Å². The first kappa shape index (κ1) is 11.8. The van der Waals surface area contributed by atoms with E-state index in [1.165, 1.54) is 12.8 Å². The second-order valence-corrected chi connectivity index (χ2v) is 5.18. The van der Waals surface area contributed by atoms with Crippen LogP contribution >= 0.6 is 15.9 Å². The van der Waals surface area contributed by atoms with Crippen molar-refractivity contribution in [1.82, 2.24) is 15.3 Å². The molecule has 2 unspecified atom stereocenters. The number of halogens is 1. The zero-order valence-electron chi connectivity index (χ0n) is 9.41. The lowest BCUT2D eigenvalue weighted by Gasteiger charge is -2.28. The Labute approximate surface area is 104 Å². The van der Waals surface area contributed by atoms with Gasteiger partial charge in [-0.3, -0.25) is 0 Å². The predicted molar refractivity (Wildman–Crippen MR) is 68.4 cm³/mol. The lowest BCUT2D eigenvalue weighted by Crippen LogP contribution is -2.39. The summed E-state index contributed by atoms with van der Waals surface area (Å²) in [5.74, 6) is 1.38. The largest absolute Gasteiger partial charge is 0.351 e. The zero-order valence-corrected chi connectivity index (χ0v) is 11.0. The average Bonchev–Trinajstić information content (AvgIpc) is 2.33. The molecule has 2 N–H and O–H groups in total. The summed E-state index contributed by atoms with van der Waals surface area (Å²) in [5.41, 5.74) is 0. The molecule has 0 bridgehead atoms. The van der Waals surface area contributed by atoms with Crippen LogP contribution in [0.2, 0.25) is 0 Å². The highest BCUT2D eigenvalue weighted by Gasteiger charge is 2.20. The smallest absolute Gasteiger partial charge is 0.222 e. The van der Waals surface area contributed by atoms with Crippen molar-refractivity contribution < 1.29 is 0 Å². The Morgan fingerprint density at radius 1 is 1.50 bits per heavy atom. The third kappa shape index (κ3) is 3.15. The second kappa shape index (κ2) is 5.59. The molecule has 16 heavy (non-hydrogen) atoms. The van der Waals surface area contributed by atoms with Gasteiger partial charge in [0.15, 0.2) is 0 Å². The highest BCUT2D eigenvalue weighted by molar-refractivity contribution is 9.10. The molecule has 0 radical (unpaired) electrons. The standard InChI is InChI=1S/C11H17BrN4/c1-8(9-3-2-4-13-5-9)16-11-14-6-10(12)7-15-11/h6-9,13H,2-5H2,1H3,(H,14,15,16). The van der Waals surface area contributed by atoms with Gasteiger partial charge in [0.05, 0.1) is 4.47 Å². The summed E-state index contributed by atoms with van der Waals surface area (Å²) in [6.45, 7) is 4.44. The van der Waals surface area contributed by atoms with Gasteiger partial charge in [-0.1, -0.05) is 0 Å². The highest BCUT2D eigenvalue weighted by Crippen LogP contribution is 2.17. The summed E-state index contributed by atoms with van der Waals surface area (Å²) in [6.07, 6.45) is 6.07. The fourth-order valence-corrected chi connectivity index (χ4v) is 2.22. The van der Waals surface area contributed by atoms with Crippen LogP contribution in [0.25, 0.3) is 0 Å². The number of aromatic nitrogens is 2. The molecule has 88 valence electrons. The van der Waals surface area contributed by atoms with Crippen LogP contribution in [0.15, 0.2) is 16.9 Å². The molecular weight excluding hydrogens is 268 g/mol. The van der Waals surface area contributed by atoms with E-state index in [2.05, 4.69) is 43.5 Å². The minimum atomic E-state index is 0.411. The maximum atomic E-state index is 4.22. The predicted octanol–water partition coefficient (Wildman–Crippen LogP) is 2.04. The number of nitrogens with zero attached hydrogens (tertiary/aromatic N) is 2. The Kier molecular flexibility index (Phi) is 4.12. The Morgan fingerprint density at radius 2 is 2.25 bits per heavy atom. The van der Waals surface area contributed by atoms with Crippen molar-refractivity contribution >= 4 is 21.9 Å². The van der Waals surface area contributed by atoms with Crippen molar-refractivity contribution in [1.29, 1.82) is 0 Å². The van der Waals surface area contributed by atoms with E-state index in [1.54, 1.807) is 12.4 Å². The van der Waals surface area contributed by atoms with Gasteiger partial charge in [-0.05, 0) is 54.7 Å². The summed E-state index contributed by atoms with van der Waals surface area (Å²) in [7, 11) is 0. The third-order valence-electron chi connectivity index (χ3n) is 3.02. The molecular formula is C11H17BrN4. The van der Waals surface area contributed by atoms with Crippen molar-refractivity contribution in [2.24, 2.45) is 5.92 Å². The highest BCUT2D eigenvalue weighted by atomic mass is 79.9. The van der Waals surface area contributed by atoms with Gasteiger partial charge in [0, 0.05) is 18.4 Å². The Balaban J connectivity index is 1.90. The zero-order chi connectivity index (χ0) is 11.4. The van der Waals surface area contributed by atoms with E-state index >= 15 is 0 Å². The maximum absolute atomic E-state index is 4.22. The first-order valence-corrected chi connectivity index (χ1v) is 6.50. The summed E-state index contributed by atoms with van der Waals surface area (Å²) in [5, 5.41) is 6.78. The third-order valence-corrected chi connectivity index (χ3v) is 3.43. The summed E-state index contributed by atoms with van der Waals surface area (Å²) >= 11 is 3.33. The van der Waals surface area contributed by atoms with E-state index in [-0.39, 0.29) is 0 Å². The van der Waals surface area contributed by atoms with Gasteiger partial charge in [-0.15, -0.1) is 0 Å². The molecule has 5 heteroatoms. The van der Waals surface area contributed by atoms with Gasteiger partial charge in [0.1, 0.15) is 0 Å². The van der Waals surface area contributed by atoms with E-state index in [1.807, 2.05) is 0 Å². The number of piperidine rings is 1. The van der Waals surface area contributed by atoms with Gasteiger partial charge >= 0.3 is 0 Å². The van der Waals surface area contributed by atoms with Crippen LogP contribution in [0.4, 0.5) is 5.95 Å². The van der Waals surface area contributed by atoms with Crippen molar-refractivity contribution in [3.63, 3.8) is 0 Å². The Bertz CT molecular complexity index is 321. The maximum Gasteiger partial charge on any atom is 0.222 e. The molecule has 2 rings (SSSR count). The topological polar surface area (TPSA) is 49.8 Å². The fraction of sp³-hybridized carbons (Fsp3) is 0.636. The van der Waals surface area contributed by atoms with Gasteiger partial charge in [0.2, 0.25) is 5.95 Å². The van der Waals surface area contributed by atoms with Gasteiger partial charge in [-0.2, -0.15) is 0 Å². The van der Waals surface area contributed by atoms with Crippen LogP contribution in [-0.4, -0.2) is 29.1 Å². The summed E-state index contributed by atoms with van der Waals surface area (Å²) in [6, 6.07) is 0.411. The van der Waals surface area contributed by atoms with Crippen LogP contribution < -0.4 is 10.6 Å². The molecule has 0 aromatic carbocycles. The van der Waals surface area contributed by atoms with Crippen molar-refractivity contribution in [3.8, 4) is 0 Å². The number of rotatable bonds is 3. The summed E-state index contributed by atoms with van der Waals surface area (Å²) < 4.78 is 0.907. The van der Waals surface area contributed by atoms with E-state index in [0.717, 1.165) is 17.6 Å². The molecule has 1 saturated heterocycles. The minimum Gasteiger partial charge on any atom is -0.351 e. The molecule has 0 aliphatic carbocycles. The molecule has 1 aromatic heterocycles. The number of hydrogen-bond donors (Lipinski definition) is 2. The Hall–Kier alpha value is -0.680. The SMILES string of the molecule is CC(Nc1ncc(Br)cn1)C1CCCNC1. The lowest BCUT2D eigenvalue weighted by atomic mass is 9.93. The van der Waals surface area contributed by atoms with Crippen molar-refractivity contribution in [2.45, 2.75) is 25.8 Å². The molecule has 1 aliphatic rings. The first-order valence-electron chi connectivity index (χ1n) is 5.70. The molecule has 2 heterocycles. The van der Waals surface area contributed by atoms with Crippen LogP contribution in [-0.2, 0) is 0 Å². The van der Waals surface area contributed by atoms with E-state index in [9.17, 15) is 0 Å². The molecule has 4 nitrogen and oxygen atoms in total. The van der Waals surface area contributed by atoms with Crippen LogP contribution in [0.1, 0.15) is 19.8 Å². The molecule has 2 atom stereocenters. The monoisotopic (exact) mass is 284 g/mol. The lowest BCUT2D eigenvalue weighted by molar-refractivity contribution is 0.346. The molecule has 1 fully saturated rings. The van der Waals surface area contributed by atoms with Crippen LogP contribution in [0.5, 0.6) is 0 Å². The molecule has 1 aromatic rings. The summed E-state index contributed by atoms with van der Waals surface area (Å²) in [4.78, 5) is 8.45. The van der Waals surface area contributed by atoms with Crippen molar-refractivity contribution in [2.75, 3.05) is 18.4 Å². The van der Waals surface area contributed by atoms with Gasteiger partial charge < -0.3 is 10.6 Å². The molecule has 1 aliphatic heterocycles. The molecule has 0 saturated carbocycles. The first-order chi connectivity index (χ1) is 7.75. The van der Waals surface area contributed by atoms with Gasteiger partial charge in [-0.25, -0.2) is 9.97 Å². The number of hydrogen-bond acceptors (Lipinski definition) is 4. The Morgan fingerprint density at radius 3 is 2.88 bits per heavy atom. The van der Waals surface area contributed by atoms with E-state index < -0.39 is 0 Å². The number of anilines is 1. The number of nitrogens with one attached hydrogen (secondary N) is 2. The normalized spacial score (nSPS) is 22.8. The second-order valence-electron chi connectivity index (χ2n) is 4.26. The molecule has 0 spiro atoms. The molecule has 0 amide bonds. The van der Waals surface area contributed by atoms with Gasteiger partial charge in [0.25, 0.3) is 0 Å². The van der Waals surface area contributed by atoms with Crippen LogP contribution in [0, 0.1) is 5.92 Å². The minimum absolute atomic E-state index is 0.411. The van der Waals surface area contributed by atoms with Crippen LogP contribution in [0.3, 0.4) is 0 Å². The average molecular weight is 285 g/mol. The quantitative estimate of drug-likeness (QED) is 0.892. The van der Waals surface area contributed by atoms with E-state index in [4.69, 9.17) is 0 Å².